The monoisotopic (exact) mass is 333 g/mol. The largest absolute Gasteiger partial charge is 0.435 e. The lowest BCUT2D eigenvalue weighted by molar-refractivity contribution is -0.0498. The van der Waals surface area contributed by atoms with Crippen molar-refractivity contribution in [3.8, 4) is 5.75 Å². The van der Waals surface area contributed by atoms with E-state index in [1.165, 1.54) is 12.1 Å². The number of benzene rings is 2. The molecule has 0 aliphatic rings. The first-order valence-corrected chi connectivity index (χ1v) is 7.00. The normalized spacial score (nSPS) is 11.0. The van der Waals surface area contributed by atoms with Gasteiger partial charge < -0.3 is 4.74 Å². The second-order valence-corrected chi connectivity index (χ2v) is 5.04. The van der Waals surface area contributed by atoms with Crippen molar-refractivity contribution in [2.45, 2.75) is 13.2 Å². The van der Waals surface area contributed by atoms with Gasteiger partial charge in [0.2, 0.25) is 0 Å². The molecule has 1 heterocycles. The fourth-order valence-corrected chi connectivity index (χ4v) is 2.35. The molecular weight excluding hydrogens is 320 g/mol. The number of alkyl halides is 2. The number of hydrogen-bond acceptors (Lipinski definition) is 4. The van der Waals surface area contributed by atoms with Crippen LogP contribution < -0.4 is 10.2 Å². The van der Waals surface area contributed by atoms with Gasteiger partial charge in [-0.15, -0.1) is 0 Å². The van der Waals surface area contributed by atoms with Crippen molar-refractivity contribution in [2.75, 3.05) is 0 Å². The smallest absolute Gasteiger partial charge is 0.387 e. The number of halogens is 2. The Bertz CT molecular complexity index is 863. The molecule has 1 aromatic heterocycles. The van der Waals surface area contributed by atoms with E-state index < -0.39 is 12.5 Å². The minimum Gasteiger partial charge on any atom is -0.435 e. The summed E-state index contributed by atoms with van der Waals surface area (Å²) >= 11 is 0. The number of amides is 1. The predicted octanol–water partition coefficient (Wildman–Crippen LogP) is 2.81. The van der Waals surface area contributed by atoms with Crippen molar-refractivity contribution < 1.29 is 23.5 Å². The third kappa shape index (κ3) is 3.33. The van der Waals surface area contributed by atoms with Gasteiger partial charge in [-0.1, -0.05) is 18.2 Å². The van der Waals surface area contributed by atoms with E-state index in [-0.39, 0.29) is 5.75 Å². The maximum absolute atomic E-state index is 12.1. The predicted molar refractivity (Wildman–Crippen MR) is 81.2 cm³/mol. The van der Waals surface area contributed by atoms with Crippen LogP contribution in [0.25, 0.3) is 10.9 Å². The number of carbonyl (C=O) groups is 1. The molecule has 0 saturated carbocycles. The van der Waals surface area contributed by atoms with Gasteiger partial charge in [-0.25, -0.2) is 5.48 Å². The lowest BCUT2D eigenvalue weighted by Crippen LogP contribution is -2.18. The number of ether oxygens (including phenoxy) is 1. The molecular formula is C16H13F2N3O3. The highest BCUT2D eigenvalue weighted by Crippen LogP contribution is 2.19. The number of hydroxylamine groups is 1. The van der Waals surface area contributed by atoms with Crippen LogP contribution in [-0.4, -0.2) is 27.5 Å². The molecule has 0 atom stereocenters. The van der Waals surface area contributed by atoms with E-state index in [1.54, 1.807) is 46.7 Å². The molecule has 0 saturated heterocycles. The molecule has 0 radical (unpaired) electrons. The molecule has 0 bridgehead atoms. The van der Waals surface area contributed by atoms with Crippen LogP contribution in [0.3, 0.4) is 0 Å². The van der Waals surface area contributed by atoms with Crippen LogP contribution in [-0.2, 0) is 6.54 Å². The van der Waals surface area contributed by atoms with E-state index in [2.05, 4.69) is 9.84 Å². The fourth-order valence-electron chi connectivity index (χ4n) is 2.35. The molecule has 2 aromatic carbocycles. The average molecular weight is 333 g/mol. The Hall–Kier alpha value is -3.00. The van der Waals surface area contributed by atoms with Gasteiger partial charge >= 0.3 is 6.61 Å². The van der Waals surface area contributed by atoms with Crippen molar-refractivity contribution in [1.82, 2.24) is 15.3 Å². The van der Waals surface area contributed by atoms with E-state index >= 15 is 0 Å². The van der Waals surface area contributed by atoms with Crippen molar-refractivity contribution in [2.24, 2.45) is 0 Å². The molecule has 3 rings (SSSR count). The maximum Gasteiger partial charge on any atom is 0.387 e. The zero-order chi connectivity index (χ0) is 17.1. The molecule has 124 valence electrons. The van der Waals surface area contributed by atoms with Gasteiger partial charge in [0.15, 0.2) is 0 Å². The van der Waals surface area contributed by atoms with Gasteiger partial charge in [0.25, 0.3) is 5.91 Å². The summed E-state index contributed by atoms with van der Waals surface area (Å²) in [4.78, 5) is 11.5. The quantitative estimate of drug-likeness (QED) is 0.556. The number of hydrogen-bond donors (Lipinski definition) is 2. The summed E-state index contributed by atoms with van der Waals surface area (Å²) in [5, 5.41) is 13.8. The molecule has 8 heteroatoms. The summed E-state index contributed by atoms with van der Waals surface area (Å²) in [6.07, 6.45) is 1.66. The summed E-state index contributed by atoms with van der Waals surface area (Å²) in [6, 6.07) is 11.2. The van der Waals surface area contributed by atoms with Gasteiger partial charge in [0.1, 0.15) is 5.75 Å². The van der Waals surface area contributed by atoms with Gasteiger partial charge in [-0.3, -0.25) is 14.7 Å². The molecule has 24 heavy (non-hydrogen) atoms. The van der Waals surface area contributed by atoms with Gasteiger partial charge in [0, 0.05) is 10.9 Å². The Labute approximate surface area is 135 Å². The molecule has 6 nitrogen and oxygen atoms in total. The summed E-state index contributed by atoms with van der Waals surface area (Å²) in [7, 11) is 0. The number of rotatable bonds is 5. The average Bonchev–Trinajstić information content (AvgIpc) is 2.97. The van der Waals surface area contributed by atoms with Gasteiger partial charge in [-0.2, -0.15) is 13.9 Å². The van der Waals surface area contributed by atoms with E-state index in [4.69, 9.17) is 5.21 Å². The van der Waals surface area contributed by atoms with Crippen LogP contribution in [0.1, 0.15) is 15.9 Å². The molecule has 3 aromatic rings. The van der Waals surface area contributed by atoms with E-state index in [1.807, 2.05) is 0 Å². The third-order valence-corrected chi connectivity index (χ3v) is 3.49. The van der Waals surface area contributed by atoms with E-state index in [9.17, 15) is 13.6 Å². The first-order chi connectivity index (χ1) is 11.6. The van der Waals surface area contributed by atoms with Gasteiger partial charge in [-0.05, 0) is 29.8 Å². The molecule has 2 N–H and O–H groups in total. The van der Waals surface area contributed by atoms with Crippen LogP contribution in [0.15, 0.2) is 48.7 Å². The van der Waals surface area contributed by atoms with Crippen molar-refractivity contribution >= 4 is 16.8 Å². The van der Waals surface area contributed by atoms with Crippen LogP contribution in [0, 0.1) is 0 Å². The van der Waals surface area contributed by atoms with Crippen molar-refractivity contribution in [3.63, 3.8) is 0 Å². The minimum atomic E-state index is -2.86. The first kappa shape index (κ1) is 15.9. The van der Waals surface area contributed by atoms with Crippen molar-refractivity contribution in [1.29, 1.82) is 0 Å². The minimum absolute atomic E-state index is 0.0842. The Morgan fingerprint density at radius 1 is 1.25 bits per heavy atom. The second kappa shape index (κ2) is 6.63. The maximum atomic E-state index is 12.1. The number of nitrogens with one attached hydrogen (secondary N) is 1. The van der Waals surface area contributed by atoms with Crippen LogP contribution in [0.5, 0.6) is 5.75 Å². The molecule has 0 spiro atoms. The van der Waals surface area contributed by atoms with Crippen LogP contribution in [0.2, 0.25) is 0 Å². The van der Waals surface area contributed by atoms with Crippen LogP contribution in [0.4, 0.5) is 8.78 Å². The number of aromatic nitrogens is 2. The van der Waals surface area contributed by atoms with Gasteiger partial charge in [0.05, 0.1) is 18.3 Å². The summed E-state index contributed by atoms with van der Waals surface area (Å²) < 4.78 is 30.3. The number of carbonyl (C=O) groups excluding carboxylic acids is 1. The molecule has 0 aliphatic carbocycles. The highest BCUT2D eigenvalue weighted by molar-refractivity contribution is 5.97. The molecule has 0 unspecified atom stereocenters. The summed E-state index contributed by atoms with van der Waals surface area (Å²) in [5.74, 6) is -0.529. The highest BCUT2D eigenvalue weighted by atomic mass is 19.3. The second-order valence-electron chi connectivity index (χ2n) is 5.04. The highest BCUT2D eigenvalue weighted by Gasteiger charge is 2.09. The van der Waals surface area contributed by atoms with E-state index in [0.29, 0.717) is 17.6 Å². The Kier molecular flexibility index (Phi) is 4.39. The number of fused-ring (bicyclic) bond motifs is 1. The lowest BCUT2D eigenvalue weighted by atomic mass is 10.1. The zero-order valence-electron chi connectivity index (χ0n) is 12.3. The fraction of sp³-hybridized carbons (Fsp3) is 0.125. The zero-order valence-corrected chi connectivity index (χ0v) is 12.3. The standard InChI is InChI=1S/C16H13F2N3O3/c17-16(18)24-13-5-1-10(2-6-13)9-21-14-7-11(15(22)20-23)3-4-12(14)8-19-21/h1-8,16,23H,9H2,(H,20,22). The Balaban J connectivity index is 1.85. The Morgan fingerprint density at radius 2 is 2.00 bits per heavy atom. The SMILES string of the molecule is O=C(NO)c1ccc2cnn(Cc3ccc(OC(F)F)cc3)c2c1. The third-order valence-electron chi connectivity index (χ3n) is 3.49. The van der Waals surface area contributed by atoms with Crippen molar-refractivity contribution in [3.05, 3.63) is 59.8 Å². The topological polar surface area (TPSA) is 76.4 Å². The van der Waals surface area contributed by atoms with E-state index in [0.717, 1.165) is 10.9 Å². The van der Waals surface area contributed by atoms with Crippen LogP contribution >= 0.6 is 0 Å². The Morgan fingerprint density at radius 3 is 2.67 bits per heavy atom. The lowest BCUT2D eigenvalue weighted by Gasteiger charge is -2.07. The molecule has 0 aliphatic heterocycles. The summed E-state index contributed by atoms with van der Waals surface area (Å²) in [6.45, 7) is -2.47. The molecule has 0 fully saturated rings. The summed E-state index contributed by atoms with van der Waals surface area (Å²) in [5.41, 5.74) is 3.43. The molecule has 1 amide bonds. The first-order valence-electron chi connectivity index (χ1n) is 7.00. The number of nitrogens with zero attached hydrogens (tertiary/aromatic N) is 2.